The highest BCUT2D eigenvalue weighted by atomic mass is 79.9. The van der Waals surface area contributed by atoms with Crippen molar-refractivity contribution in [2.45, 2.75) is 19.4 Å². The highest BCUT2D eigenvalue weighted by Gasteiger charge is 2.07. The maximum Gasteiger partial charge on any atom is 0.250 e. The summed E-state index contributed by atoms with van der Waals surface area (Å²) in [5.41, 5.74) is 1.12. The lowest BCUT2D eigenvalue weighted by Gasteiger charge is -2.04. The van der Waals surface area contributed by atoms with Gasteiger partial charge in [0.1, 0.15) is 0 Å². The van der Waals surface area contributed by atoms with Crippen LogP contribution in [-0.2, 0) is 6.42 Å². The molecule has 4 nitrogen and oxygen atoms in total. The molecule has 18 heavy (non-hydrogen) atoms. The third-order valence-corrected chi connectivity index (χ3v) is 3.99. The molecule has 2 heterocycles. The number of likely N-dealkylation sites (N-methyl/N-ethyl adjacent to an activating group) is 1. The summed E-state index contributed by atoms with van der Waals surface area (Å²) >= 11 is 5.07. The Hall–Kier alpha value is -0.980. The third-order valence-electron chi connectivity index (χ3n) is 2.47. The predicted molar refractivity (Wildman–Crippen MR) is 77.5 cm³/mol. The molecule has 2 aromatic heterocycles. The largest absolute Gasteiger partial charge is 0.335 e. The monoisotopic (exact) mass is 327 g/mol. The van der Waals surface area contributed by atoms with Crippen LogP contribution < -0.4 is 5.32 Å². The minimum atomic E-state index is 0.340. The van der Waals surface area contributed by atoms with Crippen LogP contribution in [0.4, 0.5) is 0 Å². The van der Waals surface area contributed by atoms with Crippen molar-refractivity contribution in [3.05, 3.63) is 32.5 Å². The molecule has 1 atom stereocenters. The average molecular weight is 328 g/mol. The van der Waals surface area contributed by atoms with Crippen LogP contribution in [0.3, 0.4) is 0 Å². The van der Waals surface area contributed by atoms with E-state index in [0.29, 0.717) is 11.9 Å². The molecule has 0 aromatic carbocycles. The van der Waals surface area contributed by atoms with Gasteiger partial charge in [-0.1, -0.05) is 5.16 Å². The first-order valence-electron chi connectivity index (χ1n) is 5.59. The average Bonchev–Trinajstić information content (AvgIpc) is 2.96. The van der Waals surface area contributed by atoms with E-state index in [2.05, 4.69) is 43.7 Å². The molecular weight excluding hydrogens is 314 g/mol. The van der Waals surface area contributed by atoms with Crippen LogP contribution in [0.25, 0.3) is 12.2 Å². The van der Waals surface area contributed by atoms with Gasteiger partial charge in [0.15, 0.2) is 5.82 Å². The van der Waals surface area contributed by atoms with Crippen LogP contribution in [0.5, 0.6) is 0 Å². The number of nitrogens with one attached hydrogen (secondary N) is 1. The Labute approximate surface area is 118 Å². The minimum absolute atomic E-state index is 0.340. The van der Waals surface area contributed by atoms with E-state index >= 15 is 0 Å². The molecule has 0 aliphatic heterocycles. The van der Waals surface area contributed by atoms with Gasteiger partial charge in [-0.25, -0.2) is 0 Å². The highest BCUT2D eigenvalue weighted by Crippen LogP contribution is 2.22. The Balaban J connectivity index is 2.00. The molecule has 0 saturated heterocycles. The summed E-state index contributed by atoms with van der Waals surface area (Å²) in [5.74, 6) is 1.26. The predicted octanol–water partition coefficient (Wildman–Crippen LogP) is 3.21. The minimum Gasteiger partial charge on any atom is -0.335 e. The number of hydrogen-bond acceptors (Lipinski definition) is 5. The zero-order valence-corrected chi connectivity index (χ0v) is 12.6. The fourth-order valence-electron chi connectivity index (χ4n) is 1.37. The molecule has 0 saturated carbocycles. The fourth-order valence-corrected chi connectivity index (χ4v) is 2.52. The summed E-state index contributed by atoms with van der Waals surface area (Å²) in [6.07, 6.45) is 4.55. The van der Waals surface area contributed by atoms with Gasteiger partial charge in [-0.15, -0.1) is 11.3 Å². The van der Waals surface area contributed by atoms with Crippen molar-refractivity contribution in [2.75, 3.05) is 7.05 Å². The SMILES string of the molecule is CNC(C)Cc1noc(/C=C/c2csc(Br)c2)n1. The first-order valence-corrected chi connectivity index (χ1v) is 7.26. The standard InChI is InChI=1S/C12H14BrN3OS/c1-8(14-2)5-11-15-12(17-16-11)4-3-9-6-10(13)18-7-9/h3-4,6-8,14H,5H2,1-2H3/b4-3+. The number of hydrogen-bond donors (Lipinski definition) is 1. The molecule has 0 radical (unpaired) electrons. The zero-order chi connectivity index (χ0) is 13.0. The van der Waals surface area contributed by atoms with Crippen molar-refractivity contribution in [3.63, 3.8) is 0 Å². The van der Waals surface area contributed by atoms with E-state index in [1.165, 1.54) is 0 Å². The molecule has 1 N–H and O–H groups in total. The van der Waals surface area contributed by atoms with Gasteiger partial charge in [0, 0.05) is 18.5 Å². The number of thiophene rings is 1. The Kier molecular flexibility index (Phi) is 4.68. The van der Waals surface area contributed by atoms with E-state index in [1.807, 2.05) is 25.3 Å². The van der Waals surface area contributed by atoms with Crippen LogP contribution in [0.2, 0.25) is 0 Å². The topological polar surface area (TPSA) is 51.0 Å². The molecular formula is C12H14BrN3OS. The molecule has 2 aromatic rings. The number of halogens is 1. The van der Waals surface area contributed by atoms with E-state index < -0.39 is 0 Å². The molecule has 0 spiro atoms. The van der Waals surface area contributed by atoms with Crippen molar-refractivity contribution in [1.29, 1.82) is 0 Å². The van der Waals surface area contributed by atoms with Gasteiger partial charge in [-0.05, 0) is 53.0 Å². The van der Waals surface area contributed by atoms with Gasteiger partial charge in [-0.2, -0.15) is 4.98 Å². The van der Waals surface area contributed by atoms with E-state index in [0.717, 1.165) is 21.6 Å². The van der Waals surface area contributed by atoms with Gasteiger partial charge in [-0.3, -0.25) is 0 Å². The van der Waals surface area contributed by atoms with Gasteiger partial charge < -0.3 is 9.84 Å². The van der Waals surface area contributed by atoms with E-state index in [1.54, 1.807) is 11.3 Å². The smallest absolute Gasteiger partial charge is 0.250 e. The lowest BCUT2D eigenvalue weighted by Crippen LogP contribution is -2.24. The molecule has 1 unspecified atom stereocenters. The quantitative estimate of drug-likeness (QED) is 0.916. The zero-order valence-electron chi connectivity index (χ0n) is 10.2. The Morgan fingerprint density at radius 3 is 3.06 bits per heavy atom. The van der Waals surface area contributed by atoms with Crippen molar-refractivity contribution >= 4 is 39.4 Å². The van der Waals surface area contributed by atoms with E-state index in [4.69, 9.17) is 4.52 Å². The molecule has 96 valence electrons. The van der Waals surface area contributed by atoms with Crippen molar-refractivity contribution in [1.82, 2.24) is 15.5 Å². The van der Waals surface area contributed by atoms with Crippen LogP contribution in [-0.4, -0.2) is 23.2 Å². The maximum atomic E-state index is 5.15. The van der Waals surface area contributed by atoms with E-state index in [-0.39, 0.29) is 0 Å². The fraction of sp³-hybridized carbons (Fsp3) is 0.333. The third kappa shape index (κ3) is 3.76. The van der Waals surface area contributed by atoms with Crippen LogP contribution in [0, 0.1) is 0 Å². The Morgan fingerprint density at radius 2 is 2.39 bits per heavy atom. The summed E-state index contributed by atoms with van der Waals surface area (Å²) in [6, 6.07) is 2.38. The van der Waals surface area contributed by atoms with Crippen molar-refractivity contribution in [2.24, 2.45) is 0 Å². The summed E-state index contributed by atoms with van der Waals surface area (Å²) in [5, 5.41) is 9.13. The van der Waals surface area contributed by atoms with Gasteiger partial charge >= 0.3 is 0 Å². The molecule has 0 aliphatic rings. The molecule has 0 amide bonds. The molecule has 2 rings (SSSR count). The van der Waals surface area contributed by atoms with Crippen LogP contribution in [0.15, 0.2) is 19.8 Å². The van der Waals surface area contributed by atoms with Gasteiger partial charge in [0.2, 0.25) is 0 Å². The Bertz CT molecular complexity index is 535. The van der Waals surface area contributed by atoms with Gasteiger partial charge in [0.25, 0.3) is 5.89 Å². The van der Waals surface area contributed by atoms with Crippen LogP contribution >= 0.6 is 27.3 Å². The molecule has 0 bridgehead atoms. The first kappa shape index (κ1) is 13.5. The van der Waals surface area contributed by atoms with E-state index in [9.17, 15) is 0 Å². The summed E-state index contributed by atoms with van der Waals surface area (Å²) in [6.45, 7) is 2.08. The van der Waals surface area contributed by atoms with Crippen molar-refractivity contribution < 1.29 is 4.52 Å². The lowest BCUT2D eigenvalue weighted by molar-refractivity contribution is 0.400. The maximum absolute atomic E-state index is 5.15. The number of aromatic nitrogens is 2. The highest BCUT2D eigenvalue weighted by molar-refractivity contribution is 9.11. The first-order chi connectivity index (χ1) is 8.67. The second kappa shape index (κ2) is 6.26. The van der Waals surface area contributed by atoms with Crippen LogP contribution in [0.1, 0.15) is 24.2 Å². The normalized spacial score (nSPS) is 13.3. The van der Waals surface area contributed by atoms with Crippen molar-refractivity contribution in [3.8, 4) is 0 Å². The number of rotatable bonds is 5. The Morgan fingerprint density at radius 1 is 1.56 bits per heavy atom. The number of nitrogens with zero attached hydrogens (tertiary/aromatic N) is 2. The molecule has 0 aliphatic carbocycles. The summed E-state index contributed by atoms with van der Waals surface area (Å²) < 4.78 is 6.26. The van der Waals surface area contributed by atoms with Gasteiger partial charge in [0.05, 0.1) is 3.79 Å². The molecule has 6 heteroatoms. The lowest BCUT2D eigenvalue weighted by atomic mass is 10.2. The second-order valence-corrected chi connectivity index (χ2v) is 6.25. The second-order valence-electron chi connectivity index (χ2n) is 3.96. The summed E-state index contributed by atoms with van der Waals surface area (Å²) in [4.78, 5) is 4.31. The summed E-state index contributed by atoms with van der Waals surface area (Å²) in [7, 11) is 1.92. The molecule has 0 fully saturated rings.